The van der Waals surface area contributed by atoms with E-state index in [9.17, 15) is 0 Å². The van der Waals surface area contributed by atoms with Crippen LogP contribution in [0.3, 0.4) is 0 Å². The van der Waals surface area contributed by atoms with Gasteiger partial charge in [-0.15, -0.1) is 0 Å². The van der Waals surface area contributed by atoms with Crippen molar-refractivity contribution in [3.8, 4) is 0 Å². The average molecular weight is 383 g/mol. The van der Waals surface area contributed by atoms with E-state index in [1.165, 1.54) is 5.52 Å². The molecule has 0 aliphatic rings. The van der Waals surface area contributed by atoms with E-state index in [-0.39, 0.29) is 0 Å². The van der Waals surface area contributed by atoms with Crippen LogP contribution < -0.4 is 10.6 Å². The molecule has 7 nitrogen and oxygen atoms in total. The summed E-state index contributed by atoms with van der Waals surface area (Å²) in [6, 6.07) is 12.0. The maximum atomic E-state index is 5.58. The van der Waals surface area contributed by atoms with E-state index < -0.39 is 0 Å². The Bertz CT molecular complexity index is 870. The summed E-state index contributed by atoms with van der Waals surface area (Å²) in [5.41, 5.74) is 2.25. The standard InChI is InChI=1S/C21H29N5O2/c1-17-25-19-9-3-4-10-20(19)26(17)13-6-11-23-21(22-2)24-12-7-14-27-16-18-8-5-15-28-18/h3-5,8-10,15H,6-7,11-14,16H2,1-2H3,(H2,22,23,24). The van der Waals surface area contributed by atoms with E-state index in [2.05, 4.69) is 50.3 Å². The minimum atomic E-state index is 0.516. The van der Waals surface area contributed by atoms with Gasteiger partial charge in [-0.25, -0.2) is 4.98 Å². The van der Waals surface area contributed by atoms with E-state index in [1.807, 2.05) is 18.2 Å². The first-order chi connectivity index (χ1) is 13.8. The fraction of sp³-hybridized carbons (Fsp3) is 0.429. The molecule has 150 valence electrons. The van der Waals surface area contributed by atoms with Gasteiger partial charge in [0.1, 0.15) is 18.2 Å². The molecule has 3 aromatic rings. The fourth-order valence-corrected chi connectivity index (χ4v) is 3.09. The Morgan fingerprint density at radius 2 is 1.96 bits per heavy atom. The number of aryl methyl sites for hydroxylation is 2. The van der Waals surface area contributed by atoms with Crippen LogP contribution in [0.4, 0.5) is 0 Å². The predicted molar refractivity (Wildman–Crippen MR) is 111 cm³/mol. The Labute approximate surface area is 165 Å². The minimum absolute atomic E-state index is 0.516. The molecule has 0 unspecified atom stereocenters. The zero-order valence-electron chi connectivity index (χ0n) is 16.6. The van der Waals surface area contributed by atoms with Gasteiger partial charge < -0.3 is 24.4 Å². The topological polar surface area (TPSA) is 76.6 Å². The molecule has 0 aliphatic carbocycles. The first-order valence-corrected chi connectivity index (χ1v) is 9.74. The molecular weight excluding hydrogens is 354 g/mol. The smallest absolute Gasteiger partial charge is 0.190 e. The fourth-order valence-electron chi connectivity index (χ4n) is 3.09. The Balaban J connectivity index is 1.30. The number of nitrogens with one attached hydrogen (secondary N) is 2. The second kappa shape index (κ2) is 10.5. The van der Waals surface area contributed by atoms with Gasteiger partial charge in [0.2, 0.25) is 0 Å². The Morgan fingerprint density at radius 3 is 2.75 bits per heavy atom. The molecule has 2 heterocycles. The lowest BCUT2D eigenvalue weighted by atomic mass is 10.3. The van der Waals surface area contributed by atoms with Crippen molar-refractivity contribution < 1.29 is 9.15 Å². The highest BCUT2D eigenvalue weighted by molar-refractivity contribution is 5.79. The van der Waals surface area contributed by atoms with E-state index >= 15 is 0 Å². The summed E-state index contributed by atoms with van der Waals surface area (Å²) in [5, 5.41) is 6.68. The van der Waals surface area contributed by atoms with Gasteiger partial charge in [-0.05, 0) is 44.0 Å². The molecule has 0 atom stereocenters. The third-order valence-electron chi connectivity index (χ3n) is 4.50. The molecule has 0 radical (unpaired) electrons. The largest absolute Gasteiger partial charge is 0.467 e. The zero-order chi connectivity index (χ0) is 19.6. The van der Waals surface area contributed by atoms with Crippen LogP contribution in [-0.2, 0) is 17.9 Å². The van der Waals surface area contributed by atoms with Crippen molar-refractivity contribution >= 4 is 17.0 Å². The van der Waals surface area contributed by atoms with Crippen molar-refractivity contribution in [2.45, 2.75) is 32.9 Å². The molecule has 0 spiro atoms. The molecule has 0 fully saturated rings. The lowest BCUT2D eigenvalue weighted by molar-refractivity contribution is 0.105. The van der Waals surface area contributed by atoms with Crippen molar-refractivity contribution in [1.82, 2.24) is 20.2 Å². The molecule has 7 heteroatoms. The SMILES string of the molecule is CN=C(NCCCOCc1ccco1)NCCCn1c(C)nc2ccccc21. The summed E-state index contributed by atoms with van der Waals surface area (Å²) < 4.78 is 13.1. The molecule has 3 rings (SSSR count). The van der Waals surface area contributed by atoms with Crippen LogP contribution in [0.1, 0.15) is 24.4 Å². The van der Waals surface area contributed by atoms with Gasteiger partial charge in [-0.2, -0.15) is 0 Å². The number of aliphatic imine (C=N–C) groups is 1. The highest BCUT2D eigenvalue weighted by atomic mass is 16.5. The van der Waals surface area contributed by atoms with Crippen LogP contribution in [0, 0.1) is 6.92 Å². The number of benzene rings is 1. The Kier molecular flexibility index (Phi) is 7.49. The lowest BCUT2D eigenvalue weighted by Gasteiger charge is -2.12. The zero-order valence-corrected chi connectivity index (χ0v) is 16.6. The van der Waals surface area contributed by atoms with Crippen LogP contribution in [-0.4, -0.2) is 42.3 Å². The molecule has 0 amide bonds. The van der Waals surface area contributed by atoms with Crippen molar-refractivity contribution in [3.63, 3.8) is 0 Å². The van der Waals surface area contributed by atoms with E-state index in [1.54, 1.807) is 13.3 Å². The second-order valence-electron chi connectivity index (χ2n) is 6.56. The highest BCUT2D eigenvalue weighted by Gasteiger charge is 2.06. The van der Waals surface area contributed by atoms with Gasteiger partial charge in [-0.3, -0.25) is 4.99 Å². The third-order valence-corrected chi connectivity index (χ3v) is 4.50. The highest BCUT2D eigenvalue weighted by Crippen LogP contribution is 2.15. The number of para-hydroxylation sites is 2. The minimum Gasteiger partial charge on any atom is -0.467 e. The number of hydrogen-bond acceptors (Lipinski definition) is 4. The number of hydrogen-bond donors (Lipinski definition) is 2. The molecule has 28 heavy (non-hydrogen) atoms. The monoisotopic (exact) mass is 383 g/mol. The first-order valence-electron chi connectivity index (χ1n) is 9.74. The van der Waals surface area contributed by atoms with E-state index in [0.29, 0.717) is 13.2 Å². The summed E-state index contributed by atoms with van der Waals surface area (Å²) in [7, 11) is 1.79. The Hall–Kier alpha value is -2.80. The van der Waals surface area contributed by atoms with Gasteiger partial charge in [0.05, 0.1) is 17.3 Å². The summed E-state index contributed by atoms with van der Waals surface area (Å²) in [5.74, 6) is 2.72. The summed E-state index contributed by atoms with van der Waals surface area (Å²) in [6.07, 6.45) is 3.56. The number of ether oxygens (including phenoxy) is 1. The third kappa shape index (κ3) is 5.60. The maximum Gasteiger partial charge on any atom is 0.190 e. The molecule has 0 bridgehead atoms. The van der Waals surface area contributed by atoms with Gasteiger partial charge in [-0.1, -0.05) is 12.1 Å². The predicted octanol–water partition coefficient (Wildman–Crippen LogP) is 3.10. The van der Waals surface area contributed by atoms with E-state index in [0.717, 1.165) is 55.5 Å². The van der Waals surface area contributed by atoms with Crippen LogP contribution >= 0.6 is 0 Å². The molecule has 0 saturated heterocycles. The van der Waals surface area contributed by atoms with Crippen molar-refractivity contribution in [2.75, 3.05) is 26.7 Å². The summed E-state index contributed by atoms with van der Waals surface area (Å²) in [6.45, 7) is 5.84. The number of rotatable bonds is 10. The Morgan fingerprint density at radius 1 is 1.14 bits per heavy atom. The lowest BCUT2D eigenvalue weighted by Crippen LogP contribution is -2.38. The molecule has 2 N–H and O–H groups in total. The number of guanidine groups is 1. The number of nitrogens with zero attached hydrogens (tertiary/aromatic N) is 3. The van der Waals surface area contributed by atoms with Gasteiger partial charge in [0, 0.05) is 33.3 Å². The van der Waals surface area contributed by atoms with Crippen LogP contribution in [0.5, 0.6) is 0 Å². The maximum absolute atomic E-state index is 5.58. The van der Waals surface area contributed by atoms with Gasteiger partial charge in [0.25, 0.3) is 0 Å². The number of imidazole rings is 1. The van der Waals surface area contributed by atoms with Crippen LogP contribution in [0.15, 0.2) is 52.1 Å². The number of aromatic nitrogens is 2. The molecule has 2 aromatic heterocycles. The first kappa shape index (κ1) is 19.9. The molecule has 0 aliphatic heterocycles. The van der Waals surface area contributed by atoms with Crippen LogP contribution in [0.2, 0.25) is 0 Å². The second-order valence-corrected chi connectivity index (χ2v) is 6.56. The summed E-state index contributed by atoms with van der Waals surface area (Å²) >= 11 is 0. The molecular formula is C21H29N5O2. The number of fused-ring (bicyclic) bond motifs is 1. The average Bonchev–Trinajstić information content (AvgIpc) is 3.33. The van der Waals surface area contributed by atoms with Gasteiger partial charge >= 0.3 is 0 Å². The van der Waals surface area contributed by atoms with Gasteiger partial charge in [0.15, 0.2) is 5.96 Å². The van der Waals surface area contributed by atoms with Crippen molar-refractivity contribution in [3.05, 3.63) is 54.2 Å². The normalized spacial score (nSPS) is 11.9. The van der Waals surface area contributed by atoms with Crippen LogP contribution in [0.25, 0.3) is 11.0 Å². The molecule has 0 saturated carbocycles. The summed E-state index contributed by atoms with van der Waals surface area (Å²) in [4.78, 5) is 8.88. The van der Waals surface area contributed by atoms with Crippen molar-refractivity contribution in [2.24, 2.45) is 4.99 Å². The van der Waals surface area contributed by atoms with E-state index in [4.69, 9.17) is 9.15 Å². The van der Waals surface area contributed by atoms with Crippen molar-refractivity contribution in [1.29, 1.82) is 0 Å². The number of furan rings is 1. The molecule has 1 aromatic carbocycles. The quantitative estimate of drug-likeness (QED) is 0.320.